The van der Waals surface area contributed by atoms with Crippen molar-refractivity contribution in [3.8, 4) is 5.75 Å². The van der Waals surface area contributed by atoms with Crippen LogP contribution in [0.15, 0.2) is 24.3 Å². The summed E-state index contributed by atoms with van der Waals surface area (Å²) in [7, 11) is 0. The van der Waals surface area contributed by atoms with Crippen molar-refractivity contribution in [2.45, 2.75) is 33.3 Å². The number of alkyl halides is 2. The van der Waals surface area contributed by atoms with Crippen LogP contribution in [0.1, 0.15) is 37.0 Å². The van der Waals surface area contributed by atoms with Crippen molar-refractivity contribution in [2.24, 2.45) is 5.92 Å². The molecule has 0 bridgehead atoms. The van der Waals surface area contributed by atoms with Crippen LogP contribution in [0.2, 0.25) is 0 Å². The zero-order valence-electron chi connectivity index (χ0n) is 11.2. The van der Waals surface area contributed by atoms with Crippen LogP contribution in [-0.2, 0) is 0 Å². The van der Waals surface area contributed by atoms with E-state index in [9.17, 15) is 13.6 Å². The lowest BCUT2D eigenvalue weighted by Gasteiger charge is -2.13. The fourth-order valence-electron chi connectivity index (χ4n) is 1.70. The zero-order chi connectivity index (χ0) is 14.3. The molecule has 19 heavy (non-hydrogen) atoms. The molecule has 1 N–H and O–H groups in total. The molecule has 1 aromatic carbocycles. The minimum Gasteiger partial charge on any atom is -0.435 e. The summed E-state index contributed by atoms with van der Waals surface area (Å²) in [4.78, 5) is 11.8. The van der Waals surface area contributed by atoms with Crippen molar-refractivity contribution in [3.63, 3.8) is 0 Å². The fraction of sp³-hybridized carbons (Fsp3) is 0.500. The SMILES string of the molecule is CCC(CC)CNC(=O)c1ccc(OC(F)F)cc1. The highest BCUT2D eigenvalue weighted by atomic mass is 19.3. The minimum absolute atomic E-state index is 0.0477. The number of nitrogens with one attached hydrogen (secondary N) is 1. The number of hydrogen-bond acceptors (Lipinski definition) is 2. The summed E-state index contributed by atoms with van der Waals surface area (Å²) in [6, 6.07) is 5.66. The lowest BCUT2D eigenvalue weighted by Crippen LogP contribution is -2.28. The molecule has 3 nitrogen and oxygen atoms in total. The van der Waals surface area contributed by atoms with E-state index in [0.717, 1.165) is 12.8 Å². The number of ether oxygens (including phenoxy) is 1. The molecule has 0 radical (unpaired) electrons. The average Bonchev–Trinajstić information content (AvgIpc) is 2.39. The molecule has 1 amide bonds. The molecule has 0 spiro atoms. The molecule has 0 aliphatic rings. The van der Waals surface area contributed by atoms with Gasteiger partial charge in [-0.05, 0) is 30.2 Å². The Morgan fingerprint density at radius 3 is 2.26 bits per heavy atom. The topological polar surface area (TPSA) is 38.3 Å². The minimum atomic E-state index is -2.85. The van der Waals surface area contributed by atoms with Gasteiger partial charge in [-0.25, -0.2) is 0 Å². The van der Waals surface area contributed by atoms with Crippen LogP contribution < -0.4 is 10.1 Å². The number of rotatable bonds is 7. The van der Waals surface area contributed by atoms with E-state index in [4.69, 9.17) is 0 Å². The summed E-state index contributed by atoms with van der Waals surface area (Å²) in [6.07, 6.45) is 2.02. The smallest absolute Gasteiger partial charge is 0.387 e. The molecule has 5 heteroatoms. The van der Waals surface area contributed by atoms with Crippen LogP contribution in [-0.4, -0.2) is 19.1 Å². The Morgan fingerprint density at radius 1 is 1.21 bits per heavy atom. The van der Waals surface area contributed by atoms with Gasteiger partial charge in [0.1, 0.15) is 5.75 Å². The van der Waals surface area contributed by atoms with E-state index in [1.165, 1.54) is 24.3 Å². The molecule has 0 aliphatic carbocycles. The fourth-order valence-corrected chi connectivity index (χ4v) is 1.70. The van der Waals surface area contributed by atoms with Gasteiger partial charge in [0, 0.05) is 12.1 Å². The molecule has 106 valence electrons. The second kappa shape index (κ2) is 7.71. The van der Waals surface area contributed by atoms with E-state index in [-0.39, 0.29) is 11.7 Å². The second-order valence-electron chi connectivity index (χ2n) is 4.30. The van der Waals surface area contributed by atoms with Gasteiger partial charge < -0.3 is 10.1 Å². The average molecular weight is 271 g/mol. The van der Waals surface area contributed by atoms with Gasteiger partial charge in [0.25, 0.3) is 5.91 Å². The molecular formula is C14H19F2NO2. The molecule has 0 saturated carbocycles. The quantitative estimate of drug-likeness (QED) is 0.824. The third-order valence-electron chi connectivity index (χ3n) is 3.05. The Balaban J connectivity index is 2.53. The Hall–Kier alpha value is -1.65. The van der Waals surface area contributed by atoms with Crippen molar-refractivity contribution < 1.29 is 18.3 Å². The van der Waals surface area contributed by atoms with Crippen molar-refractivity contribution >= 4 is 5.91 Å². The van der Waals surface area contributed by atoms with E-state index in [2.05, 4.69) is 23.9 Å². The van der Waals surface area contributed by atoms with Gasteiger partial charge in [-0.3, -0.25) is 4.79 Å². The molecule has 0 unspecified atom stereocenters. The normalized spacial score (nSPS) is 10.8. The third kappa shape index (κ3) is 5.24. The van der Waals surface area contributed by atoms with Gasteiger partial charge in [0.15, 0.2) is 0 Å². The van der Waals surface area contributed by atoms with E-state index < -0.39 is 6.61 Å². The predicted octanol–water partition coefficient (Wildman–Crippen LogP) is 3.45. The highest BCUT2D eigenvalue weighted by Gasteiger charge is 2.09. The number of halogens is 2. The highest BCUT2D eigenvalue weighted by molar-refractivity contribution is 5.94. The number of hydrogen-bond donors (Lipinski definition) is 1. The van der Waals surface area contributed by atoms with Gasteiger partial charge in [0.2, 0.25) is 0 Å². The molecule has 1 rings (SSSR count). The Labute approximate surface area is 112 Å². The van der Waals surface area contributed by atoms with E-state index in [1.54, 1.807) is 0 Å². The van der Waals surface area contributed by atoms with Crippen LogP contribution >= 0.6 is 0 Å². The number of carbonyl (C=O) groups excluding carboxylic acids is 1. The maximum atomic E-state index is 12.0. The van der Waals surface area contributed by atoms with E-state index >= 15 is 0 Å². The first-order valence-electron chi connectivity index (χ1n) is 6.39. The third-order valence-corrected chi connectivity index (χ3v) is 3.05. The predicted molar refractivity (Wildman–Crippen MR) is 69.5 cm³/mol. The Morgan fingerprint density at radius 2 is 1.79 bits per heavy atom. The summed E-state index contributed by atoms with van der Waals surface area (Å²) in [5, 5.41) is 2.83. The maximum absolute atomic E-state index is 12.0. The van der Waals surface area contributed by atoms with Crippen molar-refractivity contribution in [1.29, 1.82) is 0 Å². The summed E-state index contributed by atoms with van der Waals surface area (Å²) < 4.78 is 28.1. The molecular weight excluding hydrogens is 252 g/mol. The summed E-state index contributed by atoms with van der Waals surface area (Å²) in [6.45, 7) is 1.93. The second-order valence-corrected chi connectivity index (χ2v) is 4.30. The van der Waals surface area contributed by atoms with Gasteiger partial charge in [0.05, 0.1) is 0 Å². The number of carbonyl (C=O) groups is 1. The van der Waals surface area contributed by atoms with Crippen molar-refractivity contribution in [2.75, 3.05) is 6.54 Å². The monoisotopic (exact) mass is 271 g/mol. The summed E-state index contributed by atoms with van der Waals surface area (Å²) >= 11 is 0. The van der Waals surface area contributed by atoms with Crippen LogP contribution in [0, 0.1) is 5.92 Å². The zero-order valence-corrected chi connectivity index (χ0v) is 11.2. The van der Waals surface area contributed by atoms with Gasteiger partial charge in [-0.1, -0.05) is 26.7 Å². The lowest BCUT2D eigenvalue weighted by molar-refractivity contribution is -0.0498. The molecule has 0 aliphatic heterocycles. The molecule has 1 aromatic rings. The first kappa shape index (κ1) is 15.4. The first-order valence-corrected chi connectivity index (χ1v) is 6.39. The molecule has 0 fully saturated rings. The summed E-state index contributed by atoms with van der Waals surface area (Å²) in [5.41, 5.74) is 0.438. The standard InChI is InChI=1S/C14H19F2NO2/c1-3-10(4-2)9-17-13(18)11-5-7-12(8-6-11)19-14(15)16/h5-8,10,14H,3-4,9H2,1-2H3,(H,17,18). The van der Waals surface area contributed by atoms with Crippen LogP contribution in [0.5, 0.6) is 5.75 Å². The Kier molecular flexibility index (Phi) is 6.25. The van der Waals surface area contributed by atoms with Crippen LogP contribution in [0.4, 0.5) is 8.78 Å². The lowest BCUT2D eigenvalue weighted by atomic mass is 10.0. The van der Waals surface area contributed by atoms with Crippen molar-refractivity contribution in [3.05, 3.63) is 29.8 Å². The van der Waals surface area contributed by atoms with E-state index in [0.29, 0.717) is 18.0 Å². The van der Waals surface area contributed by atoms with Crippen LogP contribution in [0.25, 0.3) is 0 Å². The number of benzene rings is 1. The van der Waals surface area contributed by atoms with Gasteiger partial charge in [-0.2, -0.15) is 8.78 Å². The molecule has 0 saturated heterocycles. The van der Waals surface area contributed by atoms with Crippen LogP contribution in [0.3, 0.4) is 0 Å². The molecule has 0 aromatic heterocycles. The van der Waals surface area contributed by atoms with Crippen molar-refractivity contribution in [1.82, 2.24) is 5.32 Å². The molecule has 0 atom stereocenters. The number of amides is 1. The molecule has 0 heterocycles. The highest BCUT2D eigenvalue weighted by Crippen LogP contribution is 2.15. The maximum Gasteiger partial charge on any atom is 0.387 e. The first-order chi connectivity index (χ1) is 9.06. The van der Waals surface area contributed by atoms with Gasteiger partial charge in [-0.15, -0.1) is 0 Å². The summed E-state index contributed by atoms with van der Waals surface area (Å²) in [5.74, 6) is 0.312. The van der Waals surface area contributed by atoms with E-state index in [1.807, 2.05) is 0 Å². The largest absolute Gasteiger partial charge is 0.435 e. The van der Waals surface area contributed by atoms with Gasteiger partial charge >= 0.3 is 6.61 Å². The Bertz CT molecular complexity index is 389.